The van der Waals surface area contributed by atoms with E-state index in [9.17, 15) is 8.42 Å². The SMILES string of the molecule is Cc1cccc(N2C3CC(C2CN)S(=O)(=O)C3)c1. The van der Waals surface area contributed by atoms with Crippen LogP contribution < -0.4 is 10.6 Å². The molecule has 0 aliphatic carbocycles. The molecule has 0 radical (unpaired) electrons. The first kappa shape index (κ1) is 12.0. The van der Waals surface area contributed by atoms with Crippen molar-refractivity contribution in [2.24, 2.45) is 5.73 Å². The second kappa shape index (κ2) is 3.96. The van der Waals surface area contributed by atoms with E-state index in [-0.39, 0.29) is 23.1 Å². The van der Waals surface area contributed by atoms with Crippen LogP contribution in [0.3, 0.4) is 0 Å². The molecule has 2 heterocycles. The summed E-state index contributed by atoms with van der Waals surface area (Å²) in [6.07, 6.45) is 0.734. The molecule has 1 aromatic carbocycles. The molecule has 2 fully saturated rings. The van der Waals surface area contributed by atoms with Crippen LogP contribution in [0.4, 0.5) is 5.69 Å². The first-order valence-corrected chi connectivity index (χ1v) is 8.01. The maximum Gasteiger partial charge on any atom is 0.157 e. The number of nitrogens with two attached hydrogens (primary N) is 1. The van der Waals surface area contributed by atoms with Crippen molar-refractivity contribution >= 4 is 15.5 Å². The molecule has 0 saturated carbocycles. The van der Waals surface area contributed by atoms with Crippen molar-refractivity contribution in [2.75, 3.05) is 17.2 Å². The third-order valence-electron chi connectivity index (χ3n) is 4.11. The standard InChI is InChI=1S/C13H18N2O2S/c1-9-3-2-4-10(5-9)15-11-6-13(12(15)7-14)18(16,17)8-11/h2-5,11-13H,6-8,14H2,1H3. The number of hydrogen-bond acceptors (Lipinski definition) is 4. The Morgan fingerprint density at radius 3 is 2.89 bits per heavy atom. The monoisotopic (exact) mass is 266 g/mol. The average Bonchev–Trinajstić information content (AvgIpc) is 2.81. The van der Waals surface area contributed by atoms with Crippen molar-refractivity contribution in [1.82, 2.24) is 0 Å². The Morgan fingerprint density at radius 2 is 2.22 bits per heavy atom. The predicted molar refractivity (Wildman–Crippen MR) is 72.5 cm³/mol. The Kier molecular flexibility index (Phi) is 2.64. The van der Waals surface area contributed by atoms with Crippen molar-refractivity contribution in [3.05, 3.63) is 29.8 Å². The van der Waals surface area contributed by atoms with Crippen LogP contribution in [-0.4, -0.2) is 38.0 Å². The summed E-state index contributed by atoms with van der Waals surface area (Å²) in [7, 11) is -2.92. The van der Waals surface area contributed by atoms with Gasteiger partial charge in [-0.05, 0) is 31.0 Å². The van der Waals surface area contributed by atoms with Crippen LogP contribution in [0.5, 0.6) is 0 Å². The van der Waals surface area contributed by atoms with Crippen LogP contribution in [0, 0.1) is 6.92 Å². The summed E-state index contributed by atoms with van der Waals surface area (Å²) in [5, 5.41) is -0.270. The lowest BCUT2D eigenvalue weighted by Gasteiger charge is -2.36. The molecule has 2 N–H and O–H groups in total. The van der Waals surface area contributed by atoms with Crippen molar-refractivity contribution in [1.29, 1.82) is 0 Å². The van der Waals surface area contributed by atoms with Gasteiger partial charge in [-0.3, -0.25) is 0 Å². The molecule has 4 nitrogen and oxygen atoms in total. The van der Waals surface area contributed by atoms with Gasteiger partial charge in [-0.25, -0.2) is 8.42 Å². The quantitative estimate of drug-likeness (QED) is 0.856. The molecule has 0 aromatic heterocycles. The molecule has 1 aromatic rings. The molecular formula is C13H18N2O2S. The molecule has 0 amide bonds. The highest BCUT2D eigenvalue weighted by molar-refractivity contribution is 7.92. The van der Waals surface area contributed by atoms with Crippen molar-refractivity contribution in [3.63, 3.8) is 0 Å². The smallest absolute Gasteiger partial charge is 0.157 e. The van der Waals surface area contributed by atoms with Gasteiger partial charge in [0.2, 0.25) is 0 Å². The topological polar surface area (TPSA) is 63.4 Å². The second-order valence-corrected chi connectivity index (χ2v) is 7.57. The Bertz CT molecular complexity index is 570. The summed E-state index contributed by atoms with van der Waals surface area (Å²) in [5.41, 5.74) is 8.09. The van der Waals surface area contributed by atoms with Crippen LogP contribution in [0.1, 0.15) is 12.0 Å². The van der Waals surface area contributed by atoms with Crippen LogP contribution in [-0.2, 0) is 9.84 Å². The van der Waals surface area contributed by atoms with Crippen LogP contribution >= 0.6 is 0 Å². The third kappa shape index (κ3) is 1.65. The Labute approximate surface area is 108 Å². The molecule has 2 aliphatic rings. The Hall–Kier alpha value is -1.07. The van der Waals surface area contributed by atoms with Gasteiger partial charge in [0, 0.05) is 18.3 Å². The lowest BCUT2D eigenvalue weighted by atomic mass is 10.1. The maximum atomic E-state index is 12.0. The molecular weight excluding hydrogens is 248 g/mol. The first-order chi connectivity index (χ1) is 8.53. The highest BCUT2D eigenvalue weighted by Gasteiger charge is 2.54. The third-order valence-corrected chi connectivity index (χ3v) is 6.39. The number of rotatable bonds is 2. The second-order valence-electron chi connectivity index (χ2n) is 5.31. The van der Waals surface area contributed by atoms with E-state index in [2.05, 4.69) is 11.0 Å². The van der Waals surface area contributed by atoms with Crippen LogP contribution in [0.25, 0.3) is 0 Å². The molecule has 3 atom stereocenters. The van der Waals surface area contributed by atoms with Gasteiger partial charge in [0.1, 0.15) is 0 Å². The summed E-state index contributed by atoms with van der Waals surface area (Å²) in [6.45, 7) is 2.44. The number of fused-ring (bicyclic) bond motifs is 2. The van der Waals surface area contributed by atoms with E-state index >= 15 is 0 Å². The largest absolute Gasteiger partial charge is 0.362 e. The highest BCUT2D eigenvalue weighted by atomic mass is 32.2. The minimum absolute atomic E-state index is 0.0597. The predicted octanol–water partition coefficient (Wildman–Crippen LogP) is 0.698. The van der Waals surface area contributed by atoms with E-state index in [1.165, 1.54) is 5.56 Å². The van der Waals surface area contributed by atoms with Gasteiger partial charge in [0.15, 0.2) is 9.84 Å². The van der Waals surface area contributed by atoms with E-state index in [0.717, 1.165) is 12.1 Å². The number of anilines is 1. The molecule has 5 heteroatoms. The Morgan fingerprint density at radius 1 is 1.44 bits per heavy atom. The zero-order valence-corrected chi connectivity index (χ0v) is 11.2. The zero-order valence-electron chi connectivity index (χ0n) is 10.4. The fraction of sp³-hybridized carbons (Fsp3) is 0.538. The summed E-state index contributed by atoms with van der Waals surface area (Å²) in [4.78, 5) is 2.22. The van der Waals surface area contributed by atoms with E-state index in [1.807, 2.05) is 25.1 Å². The van der Waals surface area contributed by atoms with Gasteiger partial charge in [-0.2, -0.15) is 0 Å². The summed E-state index contributed by atoms with van der Waals surface area (Å²) in [6, 6.07) is 8.26. The summed E-state index contributed by atoms with van der Waals surface area (Å²) in [5.74, 6) is 0.280. The highest BCUT2D eigenvalue weighted by Crippen LogP contribution is 2.40. The minimum Gasteiger partial charge on any atom is -0.362 e. The summed E-state index contributed by atoms with van der Waals surface area (Å²) >= 11 is 0. The normalized spacial score (nSPS) is 33.0. The molecule has 3 rings (SSSR count). The number of sulfone groups is 1. The fourth-order valence-corrected chi connectivity index (χ4v) is 5.69. The molecule has 3 unspecified atom stereocenters. The van der Waals surface area contributed by atoms with Gasteiger partial charge < -0.3 is 10.6 Å². The number of benzene rings is 1. The van der Waals surface area contributed by atoms with E-state index < -0.39 is 9.84 Å². The number of aryl methyl sites for hydroxylation is 1. The molecule has 0 spiro atoms. The zero-order chi connectivity index (χ0) is 12.9. The first-order valence-electron chi connectivity index (χ1n) is 6.29. The summed E-state index contributed by atoms with van der Waals surface area (Å²) < 4.78 is 23.9. The molecule has 18 heavy (non-hydrogen) atoms. The fourth-order valence-electron chi connectivity index (χ4n) is 3.37. The van der Waals surface area contributed by atoms with Crippen molar-refractivity contribution in [3.8, 4) is 0 Å². The lowest BCUT2D eigenvalue weighted by Crippen LogP contribution is -2.52. The molecule has 2 saturated heterocycles. The minimum atomic E-state index is -2.92. The van der Waals surface area contributed by atoms with Gasteiger partial charge in [0.25, 0.3) is 0 Å². The maximum absolute atomic E-state index is 12.0. The average molecular weight is 266 g/mol. The van der Waals surface area contributed by atoms with Crippen molar-refractivity contribution < 1.29 is 8.42 Å². The van der Waals surface area contributed by atoms with E-state index in [4.69, 9.17) is 5.73 Å². The van der Waals surface area contributed by atoms with E-state index in [0.29, 0.717) is 6.54 Å². The molecule has 98 valence electrons. The number of hydrogen-bond donors (Lipinski definition) is 1. The van der Waals surface area contributed by atoms with E-state index in [1.54, 1.807) is 0 Å². The van der Waals surface area contributed by atoms with Crippen LogP contribution in [0.2, 0.25) is 0 Å². The van der Waals surface area contributed by atoms with Gasteiger partial charge in [-0.1, -0.05) is 12.1 Å². The van der Waals surface area contributed by atoms with Crippen molar-refractivity contribution in [2.45, 2.75) is 30.7 Å². The van der Waals surface area contributed by atoms with Gasteiger partial charge in [-0.15, -0.1) is 0 Å². The Balaban J connectivity index is 2.00. The van der Waals surface area contributed by atoms with Gasteiger partial charge in [0.05, 0.1) is 17.0 Å². The number of nitrogens with zero attached hydrogens (tertiary/aromatic N) is 1. The molecule has 2 bridgehead atoms. The molecule has 2 aliphatic heterocycles. The van der Waals surface area contributed by atoms with Gasteiger partial charge >= 0.3 is 0 Å². The lowest BCUT2D eigenvalue weighted by molar-refractivity contribution is 0.556. The van der Waals surface area contributed by atoms with Crippen LogP contribution in [0.15, 0.2) is 24.3 Å².